The van der Waals surface area contributed by atoms with Gasteiger partial charge in [-0.3, -0.25) is 19.7 Å². The van der Waals surface area contributed by atoms with Crippen LogP contribution in [0.25, 0.3) is 0 Å². The molecular weight excluding hydrogens is 390 g/mol. The maximum atomic E-state index is 12.1. The minimum Gasteiger partial charge on any atom is -0.480 e. The fourth-order valence-electron chi connectivity index (χ4n) is 4.00. The molecule has 0 bridgehead atoms. The predicted molar refractivity (Wildman–Crippen MR) is 107 cm³/mol. The van der Waals surface area contributed by atoms with E-state index in [4.69, 9.17) is 0 Å². The lowest BCUT2D eigenvalue weighted by molar-refractivity contribution is -0.139. The van der Waals surface area contributed by atoms with E-state index < -0.39 is 35.2 Å². The summed E-state index contributed by atoms with van der Waals surface area (Å²) in [5.74, 6) is -1.90. The lowest BCUT2D eigenvalue weighted by Crippen LogP contribution is -2.46. The second kappa shape index (κ2) is 9.13. The number of amides is 1. The smallest absolute Gasteiger partial charge is 0.321 e. The molecule has 0 spiro atoms. The average molecular weight is 420 g/mol. The Hall–Kier alpha value is -0.810. The highest BCUT2D eigenvalue weighted by Crippen LogP contribution is 2.39. The van der Waals surface area contributed by atoms with Crippen molar-refractivity contribution in [2.75, 3.05) is 20.6 Å². The molecule has 0 aromatic heterocycles. The molecule has 8 nitrogen and oxygen atoms in total. The number of hydrogen-bond acceptors (Lipinski definition) is 7. The minimum absolute atomic E-state index is 0.0122. The van der Waals surface area contributed by atoms with Gasteiger partial charge in [-0.1, -0.05) is 6.92 Å². The first-order valence-electron chi connectivity index (χ1n) is 9.04. The highest BCUT2D eigenvalue weighted by atomic mass is 32.2. The van der Waals surface area contributed by atoms with Crippen LogP contribution in [0, 0.1) is 11.8 Å². The standard InChI is InChI=1S/C17H29N3O5S2/c1-7-12(11(8(2)21)17(25)26)19-13(16(23)24)14(7)27-9-5-10(18-6-9)15(22)20(3)4/h7-14,18-19,21H,5-6H2,1-4H3,(H,23,24)(H,25,26)/t7-,8-,9+,10-,11-,12-,13+,14+/m1/s1. The number of thioether (sulfide) groups is 1. The molecule has 0 aromatic carbocycles. The van der Waals surface area contributed by atoms with Gasteiger partial charge in [0.1, 0.15) is 6.04 Å². The Kier molecular flexibility index (Phi) is 7.60. The largest absolute Gasteiger partial charge is 0.480 e. The van der Waals surface area contributed by atoms with E-state index in [1.165, 1.54) is 6.92 Å². The zero-order valence-corrected chi connectivity index (χ0v) is 17.7. The van der Waals surface area contributed by atoms with E-state index in [0.29, 0.717) is 13.0 Å². The zero-order chi connectivity index (χ0) is 20.5. The lowest BCUT2D eigenvalue weighted by atomic mass is 9.87. The number of carbonyl (C=O) groups excluding carboxylic acids is 2. The number of aliphatic carboxylic acids is 1. The summed E-state index contributed by atoms with van der Waals surface area (Å²) in [7, 11) is 3.42. The number of aliphatic hydroxyl groups is 1. The number of thiol groups is 1. The third-order valence-corrected chi connectivity index (χ3v) is 7.48. The molecule has 0 aromatic rings. The second-order valence-corrected chi connectivity index (χ2v) is 9.55. The first-order valence-corrected chi connectivity index (χ1v) is 10.4. The lowest BCUT2D eigenvalue weighted by Gasteiger charge is -2.28. The summed E-state index contributed by atoms with van der Waals surface area (Å²) < 4.78 is 0. The third kappa shape index (κ3) is 4.97. The number of rotatable bonds is 7. The summed E-state index contributed by atoms with van der Waals surface area (Å²) in [4.78, 5) is 37.3. The fraction of sp³-hybridized carbons (Fsp3) is 0.824. The maximum Gasteiger partial charge on any atom is 0.321 e. The van der Waals surface area contributed by atoms with Gasteiger partial charge in [0.05, 0.1) is 18.1 Å². The van der Waals surface area contributed by atoms with Gasteiger partial charge in [-0.05, 0) is 19.3 Å². The molecule has 0 radical (unpaired) electrons. The van der Waals surface area contributed by atoms with E-state index >= 15 is 0 Å². The first-order chi connectivity index (χ1) is 12.5. The van der Waals surface area contributed by atoms with Crippen LogP contribution in [0.1, 0.15) is 20.3 Å². The minimum atomic E-state index is -0.982. The van der Waals surface area contributed by atoms with Crippen LogP contribution in [0.4, 0.5) is 0 Å². The normalized spacial score (nSPS) is 35.6. The Morgan fingerprint density at radius 1 is 1.30 bits per heavy atom. The predicted octanol–water partition coefficient (Wildman–Crippen LogP) is -0.579. The van der Waals surface area contributed by atoms with Crippen molar-refractivity contribution < 1.29 is 24.6 Å². The number of nitrogens with zero attached hydrogens (tertiary/aromatic N) is 1. The monoisotopic (exact) mass is 419 g/mol. The van der Waals surface area contributed by atoms with E-state index in [0.717, 1.165) is 0 Å². The van der Waals surface area contributed by atoms with Gasteiger partial charge in [-0.25, -0.2) is 0 Å². The van der Waals surface area contributed by atoms with E-state index in [1.54, 1.807) is 30.8 Å². The average Bonchev–Trinajstić information content (AvgIpc) is 3.13. The molecule has 10 heteroatoms. The van der Waals surface area contributed by atoms with Crippen LogP contribution >= 0.6 is 24.4 Å². The summed E-state index contributed by atoms with van der Waals surface area (Å²) in [5, 5.41) is 25.2. The van der Waals surface area contributed by atoms with Crippen LogP contribution in [0.2, 0.25) is 0 Å². The van der Waals surface area contributed by atoms with Crippen molar-refractivity contribution in [3.63, 3.8) is 0 Å². The summed E-state index contributed by atoms with van der Waals surface area (Å²) in [5.41, 5.74) is 0. The SMILES string of the molecule is C[C@@H]1[C@H]([C@H](C(=O)S)[C@@H](C)O)N[C@H](C(=O)O)[C@H]1S[C@@H]1CN[C@@H](C(=O)N(C)C)C1. The number of likely N-dealkylation sites (N-methyl/N-ethyl adjacent to an activating group) is 1. The van der Waals surface area contributed by atoms with Crippen LogP contribution in [0.5, 0.6) is 0 Å². The number of carbonyl (C=O) groups is 3. The second-order valence-electron chi connectivity index (χ2n) is 7.62. The van der Waals surface area contributed by atoms with E-state index in [9.17, 15) is 24.6 Å². The summed E-state index contributed by atoms with van der Waals surface area (Å²) in [6.07, 6.45) is -0.295. The summed E-state index contributed by atoms with van der Waals surface area (Å²) >= 11 is 5.43. The van der Waals surface area contributed by atoms with E-state index in [2.05, 4.69) is 23.3 Å². The molecule has 154 valence electrons. The molecule has 2 rings (SSSR count). The van der Waals surface area contributed by atoms with Gasteiger partial charge >= 0.3 is 5.97 Å². The van der Waals surface area contributed by atoms with Crippen molar-refractivity contribution in [2.45, 2.75) is 55.0 Å². The van der Waals surface area contributed by atoms with Crippen molar-refractivity contribution >= 4 is 41.4 Å². The molecular formula is C17H29N3O5S2. The van der Waals surface area contributed by atoms with Crippen molar-refractivity contribution in [2.24, 2.45) is 11.8 Å². The molecule has 0 saturated carbocycles. The van der Waals surface area contributed by atoms with Crippen LogP contribution < -0.4 is 10.6 Å². The molecule has 2 fully saturated rings. The third-order valence-electron chi connectivity index (χ3n) is 5.42. The Balaban J connectivity index is 2.11. The molecule has 8 atom stereocenters. The van der Waals surface area contributed by atoms with E-state index in [-0.39, 0.29) is 28.4 Å². The van der Waals surface area contributed by atoms with Gasteiger partial charge in [0.2, 0.25) is 5.91 Å². The number of aliphatic hydroxyl groups excluding tert-OH is 1. The molecule has 2 saturated heterocycles. The molecule has 0 unspecified atom stereocenters. The Morgan fingerprint density at radius 3 is 2.41 bits per heavy atom. The molecule has 27 heavy (non-hydrogen) atoms. The van der Waals surface area contributed by atoms with E-state index in [1.807, 2.05) is 6.92 Å². The zero-order valence-electron chi connectivity index (χ0n) is 16.0. The van der Waals surface area contributed by atoms with Crippen LogP contribution in [-0.4, -0.2) is 87.5 Å². The van der Waals surface area contributed by atoms with Gasteiger partial charge in [0.15, 0.2) is 5.12 Å². The quantitative estimate of drug-likeness (QED) is 0.348. The van der Waals surface area contributed by atoms with Gasteiger partial charge in [-0.2, -0.15) is 11.8 Å². The maximum absolute atomic E-state index is 12.1. The van der Waals surface area contributed by atoms with Gasteiger partial charge in [0.25, 0.3) is 0 Å². The number of carboxylic acid groups (broad SMARTS) is 1. The van der Waals surface area contributed by atoms with Crippen molar-refractivity contribution in [3.8, 4) is 0 Å². The highest BCUT2D eigenvalue weighted by Gasteiger charge is 2.50. The Bertz CT molecular complexity index is 589. The van der Waals surface area contributed by atoms with Crippen LogP contribution in [0.15, 0.2) is 0 Å². The molecule has 2 aliphatic heterocycles. The number of nitrogens with one attached hydrogen (secondary N) is 2. The number of carboxylic acids is 1. The number of hydrogen-bond donors (Lipinski definition) is 5. The highest BCUT2D eigenvalue weighted by molar-refractivity contribution is 8.00. The van der Waals surface area contributed by atoms with Gasteiger partial charge in [-0.15, -0.1) is 12.6 Å². The van der Waals surface area contributed by atoms with Gasteiger partial charge in [0, 0.05) is 37.2 Å². The van der Waals surface area contributed by atoms with Crippen molar-refractivity contribution in [1.82, 2.24) is 15.5 Å². The van der Waals surface area contributed by atoms with Crippen molar-refractivity contribution in [3.05, 3.63) is 0 Å². The molecule has 4 N–H and O–H groups in total. The summed E-state index contributed by atoms with van der Waals surface area (Å²) in [6, 6.07) is -1.56. The molecule has 2 aliphatic rings. The van der Waals surface area contributed by atoms with Crippen molar-refractivity contribution in [1.29, 1.82) is 0 Å². The Morgan fingerprint density at radius 2 is 1.93 bits per heavy atom. The Labute approximate surface area is 169 Å². The van der Waals surface area contributed by atoms with Gasteiger partial charge < -0.3 is 20.4 Å². The summed E-state index contributed by atoms with van der Waals surface area (Å²) in [6.45, 7) is 4.04. The molecule has 0 aliphatic carbocycles. The fourth-order valence-corrected chi connectivity index (χ4v) is 6.08. The first kappa shape index (κ1) is 22.5. The van der Waals surface area contributed by atoms with Crippen LogP contribution in [-0.2, 0) is 14.4 Å². The topological polar surface area (TPSA) is 119 Å². The molecule has 2 heterocycles. The molecule has 1 amide bonds. The van der Waals surface area contributed by atoms with Crippen LogP contribution in [0.3, 0.4) is 0 Å².